The molecule has 12 atom stereocenters. The Hall–Kier alpha value is -1.67. The van der Waals surface area contributed by atoms with Crippen molar-refractivity contribution < 1.29 is 38.4 Å². The molecule has 0 bridgehead atoms. The van der Waals surface area contributed by atoms with Crippen LogP contribution in [-0.2, 0) is 33.3 Å². The van der Waals surface area contributed by atoms with Gasteiger partial charge in [-0.1, -0.05) is 27.7 Å². The van der Waals surface area contributed by atoms with E-state index < -0.39 is 11.2 Å². The molecular formula is C36H56O8. The van der Waals surface area contributed by atoms with Crippen LogP contribution in [0.5, 0.6) is 0 Å². The number of esters is 3. The summed E-state index contributed by atoms with van der Waals surface area (Å²) in [6, 6.07) is 0. The van der Waals surface area contributed by atoms with Gasteiger partial charge in [0, 0.05) is 38.0 Å². The molecule has 0 amide bonds. The quantitative estimate of drug-likeness (QED) is 0.290. The molecular weight excluding hydrogens is 560 g/mol. The Labute approximate surface area is 263 Å². The summed E-state index contributed by atoms with van der Waals surface area (Å²) < 4.78 is 25.3. The van der Waals surface area contributed by atoms with Crippen LogP contribution in [0.3, 0.4) is 0 Å². The molecule has 6 rings (SSSR count). The van der Waals surface area contributed by atoms with Crippen molar-refractivity contribution in [1.82, 2.24) is 0 Å². The molecule has 2 spiro atoms. The van der Waals surface area contributed by atoms with E-state index in [0.717, 1.165) is 57.8 Å². The molecule has 0 aromatic rings. The van der Waals surface area contributed by atoms with Crippen LogP contribution in [0.25, 0.3) is 0 Å². The third-order valence-corrected chi connectivity index (χ3v) is 14.6. The van der Waals surface area contributed by atoms with Crippen LogP contribution in [0.2, 0.25) is 0 Å². The maximum absolute atomic E-state index is 12.7. The minimum atomic E-state index is -0.956. The summed E-state index contributed by atoms with van der Waals surface area (Å²) in [5.41, 5.74) is -2.07. The van der Waals surface area contributed by atoms with Gasteiger partial charge in [0.15, 0.2) is 0 Å². The Morgan fingerprint density at radius 3 is 1.93 bits per heavy atom. The normalized spacial score (nSPS) is 50.4. The van der Waals surface area contributed by atoms with Gasteiger partial charge in [-0.05, 0) is 106 Å². The molecule has 0 radical (unpaired) electrons. The zero-order chi connectivity index (χ0) is 32.5. The predicted molar refractivity (Wildman–Crippen MR) is 163 cm³/mol. The average Bonchev–Trinajstić information content (AvgIpc) is 3.21. The minimum Gasteiger partial charge on any atom is -0.462 e. The van der Waals surface area contributed by atoms with Gasteiger partial charge in [-0.25, -0.2) is 0 Å². The van der Waals surface area contributed by atoms with E-state index in [1.165, 1.54) is 20.8 Å². The number of hydrogen-bond acceptors (Lipinski definition) is 8. The van der Waals surface area contributed by atoms with Crippen molar-refractivity contribution in [3.8, 4) is 0 Å². The van der Waals surface area contributed by atoms with E-state index in [-0.39, 0.29) is 87.2 Å². The van der Waals surface area contributed by atoms with E-state index in [4.69, 9.17) is 18.9 Å². The molecule has 0 aromatic heterocycles. The molecule has 1 N–H and O–H groups in total. The molecule has 0 aromatic carbocycles. The first-order valence-corrected chi connectivity index (χ1v) is 17.1. The fraction of sp³-hybridized carbons (Fsp3) is 0.917. The zero-order valence-electron chi connectivity index (χ0n) is 28.7. The lowest BCUT2D eigenvalue weighted by atomic mass is 9.41. The fourth-order valence-corrected chi connectivity index (χ4v) is 13.1. The molecule has 5 aliphatic carbocycles. The highest BCUT2D eigenvalue weighted by atomic mass is 16.6. The first kappa shape index (κ1) is 32.3. The largest absolute Gasteiger partial charge is 0.462 e. The maximum Gasteiger partial charge on any atom is 0.302 e. The molecule has 1 saturated heterocycles. The van der Waals surface area contributed by atoms with E-state index in [9.17, 15) is 19.5 Å². The van der Waals surface area contributed by atoms with Gasteiger partial charge in [-0.3, -0.25) is 14.4 Å². The van der Waals surface area contributed by atoms with Crippen LogP contribution >= 0.6 is 0 Å². The lowest BCUT2D eigenvalue weighted by molar-refractivity contribution is -0.224. The monoisotopic (exact) mass is 616 g/mol. The molecule has 1 heterocycles. The van der Waals surface area contributed by atoms with Crippen molar-refractivity contribution in [3.05, 3.63) is 0 Å². The Bertz CT molecular complexity index is 1240. The van der Waals surface area contributed by atoms with Gasteiger partial charge in [-0.2, -0.15) is 0 Å². The van der Waals surface area contributed by atoms with E-state index in [1.54, 1.807) is 0 Å². The van der Waals surface area contributed by atoms with Crippen LogP contribution in [0.4, 0.5) is 0 Å². The second kappa shape index (κ2) is 9.68. The summed E-state index contributed by atoms with van der Waals surface area (Å²) in [6.07, 6.45) is 7.01. The third-order valence-electron chi connectivity index (χ3n) is 14.6. The van der Waals surface area contributed by atoms with Gasteiger partial charge < -0.3 is 24.1 Å². The SMILES string of the molecule is CC(=O)OC1C[C@@]2(C)C3C[C@H](OC(C)=O)C4C(C)(C)C(OC(C)=O)CC[C@@]45C[C@@]35CC[C@]2(C)C1[C@]1(C)CC[C@H](C(C)(C)O)O1. The lowest BCUT2D eigenvalue weighted by Gasteiger charge is -2.64. The second-order valence-corrected chi connectivity index (χ2v) is 17.6. The smallest absolute Gasteiger partial charge is 0.302 e. The van der Waals surface area contributed by atoms with Gasteiger partial charge in [0.05, 0.1) is 17.3 Å². The highest BCUT2D eigenvalue weighted by Crippen LogP contribution is 2.89. The van der Waals surface area contributed by atoms with Crippen molar-refractivity contribution >= 4 is 17.9 Å². The van der Waals surface area contributed by atoms with Crippen molar-refractivity contribution in [3.63, 3.8) is 0 Å². The highest BCUT2D eigenvalue weighted by molar-refractivity contribution is 5.67. The predicted octanol–water partition coefficient (Wildman–Crippen LogP) is 6.15. The minimum absolute atomic E-state index is 0.0231. The molecule has 8 heteroatoms. The number of carbonyl (C=O) groups is 3. The van der Waals surface area contributed by atoms with Crippen LogP contribution in [0.1, 0.15) is 127 Å². The highest BCUT2D eigenvalue weighted by Gasteiger charge is 2.85. The summed E-state index contributed by atoms with van der Waals surface area (Å²) >= 11 is 0. The van der Waals surface area contributed by atoms with E-state index in [1.807, 2.05) is 13.8 Å². The number of aliphatic hydroxyl groups is 1. The Kier molecular flexibility index (Phi) is 7.10. The summed E-state index contributed by atoms with van der Waals surface area (Å²) in [6.45, 7) is 19.6. The first-order valence-electron chi connectivity index (χ1n) is 17.1. The number of rotatable bonds is 5. The van der Waals surface area contributed by atoms with Gasteiger partial charge in [0.25, 0.3) is 0 Å². The summed E-state index contributed by atoms with van der Waals surface area (Å²) in [4.78, 5) is 37.4. The van der Waals surface area contributed by atoms with E-state index in [0.29, 0.717) is 0 Å². The van der Waals surface area contributed by atoms with Crippen LogP contribution in [-0.4, -0.2) is 58.6 Å². The van der Waals surface area contributed by atoms with Crippen LogP contribution in [0, 0.1) is 44.8 Å². The molecule has 1 aliphatic heterocycles. The van der Waals surface area contributed by atoms with Crippen molar-refractivity contribution in [2.75, 3.05) is 0 Å². The van der Waals surface area contributed by atoms with Crippen LogP contribution in [0.15, 0.2) is 0 Å². The number of fused-ring (bicyclic) bond motifs is 2. The van der Waals surface area contributed by atoms with Gasteiger partial charge in [0.1, 0.15) is 18.3 Å². The molecule has 5 saturated carbocycles. The lowest BCUT2D eigenvalue weighted by Crippen LogP contribution is -2.63. The van der Waals surface area contributed by atoms with Crippen molar-refractivity contribution in [1.29, 1.82) is 0 Å². The van der Waals surface area contributed by atoms with E-state index in [2.05, 4.69) is 34.6 Å². The summed E-state index contributed by atoms with van der Waals surface area (Å²) in [5.74, 6) is -0.426. The molecule has 44 heavy (non-hydrogen) atoms. The first-order chi connectivity index (χ1) is 20.2. The number of carbonyl (C=O) groups excluding carboxylic acids is 3. The Morgan fingerprint density at radius 2 is 1.36 bits per heavy atom. The van der Waals surface area contributed by atoms with Gasteiger partial charge in [-0.15, -0.1) is 0 Å². The van der Waals surface area contributed by atoms with Gasteiger partial charge >= 0.3 is 17.9 Å². The van der Waals surface area contributed by atoms with Crippen molar-refractivity contribution in [2.45, 2.75) is 163 Å². The molecule has 5 unspecified atom stereocenters. The fourth-order valence-electron chi connectivity index (χ4n) is 13.1. The topological polar surface area (TPSA) is 108 Å². The average molecular weight is 617 g/mol. The number of hydrogen-bond donors (Lipinski definition) is 1. The third kappa shape index (κ3) is 4.24. The van der Waals surface area contributed by atoms with Crippen molar-refractivity contribution in [2.24, 2.45) is 44.8 Å². The Morgan fingerprint density at radius 1 is 0.750 bits per heavy atom. The zero-order valence-corrected chi connectivity index (χ0v) is 28.7. The van der Waals surface area contributed by atoms with Crippen LogP contribution < -0.4 is 0 Å². The molecule has 6 aliphatic rings. The Balaban J connectivity index is 1.42. The second-order valence-electron chi connectivity index (χ2n) is 17.6. The molecule has 248 valence electrons. The van der Waals surface area contributed by atoms with E-state index >= 15 is 0 Å². The summed E-state index contributed by atoms with van der Waals surface area (Å²) in [7, 11) is 0. The maximum atomic E-state index is 12.7. The molecule has 8 nitrogen and oxygen atoms in total. The standard InChI is InChI=1S/C36H56O8/c1-20(37)41-23-17-25-33(9)18-24(42-21(2)38)29(34(10)13-11-27(44-34)31(6,7)40)32(33,8)15-16-35(25)19-36(35)14-12-26(43-22(3)39)30(4,5)28(23)36/h23-29,40H,11-19H2,1-10H3/t23-,24?,25?,26?,27+,28?,29?,32+,33-,34-,35-,36+/m0/s1. The number of ether oxygens (including phenoxy) is 4. The van der Waals surface area contributed by atoms with Gasteiger partial charge in [0.2, 0.25) is 0 Å². The summed E-state index contributed by atoms with van der Waals surface area (Å²) in [5, 5.41) is 10.9. The molecule has 6 fully saturated rings.